The SMILES string of the molecule is Cc1c(CF)cn(C)c1F. The molecule has 0 spiro atoms. The van der Waals surface area contributed by atoms with Crippen molar-refractivity contribution in [3.63, 3.8) is 0 Å². The van der Waals surface area contributed by atoms with Crippen LogP contribution in [0.15, 0.2) is 6.20 Å². The zero-order chi connectivity index (χ0) is 7.72. The molecule has 10 heavy (non-hydrogen) atoms. The fourth-order valence-corrected chi connectivity index (χ4v) is 0.919. The summed E-state index contributed by atoms with van der Waals surface area (Å²) in [5, 5.41) is 0. The van der Waals surface area contributed by atoms with E-state index in [0.29, 0.717) is 11.1 Å². The van der Waals surface area contributed by atoms with E-state index in [9.17, 15) is 8.78 Å². The third kappa shape index (κ3) is 0.916. The maximum atomic E-state index is 12.7. The van der Waals surface area contributed by atoms with Crippen molar-refractivity contribution in [1.29, 1.82) is 0 Å². The van der Waals surface area contributed by atoms with E-state index in [1.54, 1.807) is 14.0 Å². The Hall–Kier alpha value is -0.860. The van der Waals surface area contributed by atoms with E-state index in [2.05, 4.69) is 0 Å². The topological polar surface area (TPSA) is 4.93 Å². The van der Waals surface area contributed by atoms with Gasteiger partial charge in [0, 0.05) is 24.4 Å². The first-order valence-electron chi connectivity index (χ1n) is 3.03. The number of aromatic nitrogens is 1. The van der Waals surface area contributed by atoms with Crippen LogP contribution in [0.4, 0.5) is 8.78 Å². The Labute approximate surface area is 58.3 Å². The minimum Gasteiger partial charge on any atom is -0.327 e. The highest BCUT2D eigenvalue weighted by Crippen LogP contribution is 2.14. The van der Waals surface area contributed by atoms with Gasteiger partial charge in [0.2, 0.25) is 0 Å². The molecule has 56 valence electrons. The zero-order valence-corrected chi connectivity index (χ0v) is 5.99. The average molecular weight is 145 g/mol. The lowest BCUT2D eigenvalue weighted by Gasteiger charge is -1.89. The van der Waals surface area contributed by atoms with E-state index in [1.165, 1.54) is 10.8 Å². The number of halogens is 2. The molecule has 1 nitrogen and oxygen atoms in total. The molecule has 1 aromatic rings. The Morgan fingerprint density at radius 3 is 2.40 bits per heavy atom. The second-order valence-electron chi connectivity index (χ2n) is 2.31. The Morgan fingerprint density at radius 1 is 1.60 bits per heavy atom. The third-order valence-electron chi connectivity index (χ3n) is 1.59. The van der Waals surface area contributed by atoms with Gasteiger partial charge in [-0.05, 0) is 6.92 Å². The molecule has 0 bridgehead atoms. The van der Waals surface area contributed by atoms with Crippen molar-refractivity contribution in [3.05, 3.63) is 23.3 Å². The standard InChI is InChI=1S/C7H9F2N/c1-5-6(3-8)4-10(2)7(5)9/h4H,3H2,1-2H3. The van der Waals surface area contributed by atoms with Gasteiger partial charge >= 0.3 is 0 Å². The minimum atomic E-state index is -0.594. The van der Waals surface area contributed by atoms with E-state index in [1.807, 2.05) is 0 Å². The van der Waals surface area contributed by atoms with Crippen LogP contribution < -0.4 is 0 Å². The number of aryl methyl sites for hydroxylation is 1. The summed E-state index contributed by atoms with van der Waals surface area (Å²) in [6.07, 6.45) is 1.46. The summed E-state index contributed by atoms with van der Waals surface area (Å²) in [7, 11) is 1.56. The van der Waals surface area contributed by atoms with Crippen LogP contribution >= 0.6 is 0 Å². The second-order valence-corrected chi connectivity index (χ2v) is 2.31. The molecule has 1 heterocycles. The van der Waals surface area contributed by atoms with Crippen molar-refractivity contribution in [1.82, 2.24) is 4.57 Å². The van der Waals surface area contributed by atoms with Crippen LogP contribution in [0.2, 0.25) is 0 Å². The number of alkyl halides is 1. The van der Waals surface area contributed by atoms with Crippen molar-refractivity contribution in [3.8, 4) is 0 Å². The van der Waals surface area contributed by atoms with Gasteiger partial charge < -0.3 is 4.57 Å². The maximum Gasteiger partial charge on any atom is 0.196 e. The van der Waals surface area contributed by atoms with Crippen molar-refractivity contribution < 1.29 is 8.78 Å². The molecule has 0 amide bonds. The molecule has 1 rings (SSSR count). The maximum absolute atomic E-state index is 12.7. The van der Waals surface area contributed by atoms with Crippen LogP contribution in [0.3, 0.4) is 0 Å². The van der Waals surface area contributed by atoms with E-state index in [-0.39, 0.29) is 5.95 Å². The smallest absolute Gasteiger partial charge is 0.196 e. The predicted octanol–water partition coefficient (Wildman–Crippen LogP) is 1.94. The monoisotopic (exact) mass is 145 g/mol. The van der Waals surface area contributed by atoms with Gasteiger partial charge in [0.15, 0.2) is 5.95 Å². The van der Waals surface area contributed by atoms with E-state index in [4.69, 9.17) is 0 Å². The molecule has 0 aliphatic rings. The van der Waals surface area contributed by atoms with Gasteiger partial charge in [-0.2, -0.15) is 4.39 Å². The van der Waals surface area contributed by atoms with Crippen LogP contribution in [-0.2, 0) is 13.7 Å². The Balaban J connectivity index is 3.17. The molecule has 0 unspecified atom stereocenters. The molecule has 0 aliphatic carbocycles. The van der Waals surface area contributed by atoms with Crippen LogP contribution in [-0.4, -0.2) is 4.57 Å². The third-order valence-corrected chi connectivity index (χ3v) is 1.59. The molecule has 0 fully saturated rings. The van der Waals surface area contributed by atoms with Crippen LogP contribution in [0.5, 0.6) is 0 Å². The first kappa shape index (κ1) is 7.25. The highest BCUT2D eigenvalue weighted by Gasteiger charge is 2.07. The van der Waals surface area contributed by atoms with E-state index in [0.717, 1.165) is 0 Å². The molecule has 0 atom stereocenters. The van der Waals surface area contributed by atoms with Gasteiger partial charge in [-0.15, -0.1) is 0 Å². The molecule has 0 aromatic carbocycles. The molecule has 0 aliphatic heterocycles. The fourth-order valence-electron chi connectivity index (χ4n) is 0.919. The van der Waals surface area contributed by atoms with Gasteiger partial charge in [-0.3, -0.25) is 0 Å². The molecular formula is C7H9F2N. The van der Waals surface area contributed by atoms with Gasteiger partial charge in [0.1, 0.15) is 6.67 Å². The number of nitrogens with zero attached hydrogens (tertiary/aromatic N) is 1. The highest BCUT2D eigenvalue weighted by atomic mass is 19.1. The van der Waals surface area contributed by atoms with Crippen molar-refractivity contribution >= 4 is 0 Å². The molecule has 3 heteroatoms. The van der Waals surface area contributed by atoms with Crippen molar-refractivity contribution in [2.24, 2.45) is 7.05 Å². The molecular weight excluding hydrogens is 136 g/mol. The number of rotatable bonds is 1. The first-order valence-corrected chi connectivity index (χ1v) is 3.03. The largest absolute Gasteiger partial charge is 0.327 e. The van der Waals surface area contributed by atoms with Gasteiger partial charge in [0.05, 0.1) is 0 Å². The lowest BCUT2D eigenvalue weighted by Crippen LogP contribution is -1.88. The molecule has 1 aromatic heterocycles. The summed E-state index contributed by atoms with van der Waals surface area (Å²) in [4.78, 5) is 0. The first-order chi connectivity index (χ1) is 4.66. The summed E-state index contributed by atoms with van der Waals surface area (Å²) in [5.41, 5.74) is 0.838. The summed E-state index contributed by atoms with van der Waals surface area (Å²) in [6.45, 7) is 0.980. The number of hydrogen-bond donors (Lipinski definition) is 0. The normalized spacial score (nSPS) is 10.4. The van der Waals surface area contributed by atoms with Gasteiger partial charge in [-0.25, -0.2) is 4.39 Å². The number of hydrogen-bond acceptors (Lipinski definition) is 0. The van der Waals surface area contributed by atoms with Gasteiger partial charge in [-0.1, -0.05) is 0 Å². The molecule has 0 N–H and O–H groups in total. The molecule has 0 radical (unpaired) electrons. The van der Waals surface area contributed by atoms with Crippen molar-refractivity contribution in [2.75, 3.05) is 0 Å². The summed E-state index contributed by atoms with van der Waals surface area (Å²) in [6, 6.07) is 0. The quantitative estimate of drug-likeness (QED) is 0.569. The van der Waals surface area contributed by atoms with Crippen LogP contribution in [0.1, 0.15) is 11.1 Å². The lowest BCUT2D eigenvalue weighted by molar-refractivity contribution is 0.483. The lowest BCUT2D eigenvalue weighted by atomic mass is 10.2. The second kappa shape index (κ2) is 2.40. The highest BCUT2D eigenvalue weighted by molar-refractivity contribution is 5.23. The van der Waals surface area contributed by atoms with Crippen LogP contribution in [0, 0.1) is 12.9 Å². The van der Waals surface area contributed by atoms with E-state index < -0.39 is 6.67 Å². The summed E-state index contributed by atoms with van der Waals surface area (Å²) < 4.78 is 26.0. The van der Waals surface area contributed by atoms with Gasteiger partial charge in [0.25, 0.3) is 0 Å². The molecule has 0 saturated heterocycles. The average Bonchev–Trinajstić information content (AvgIpc) is 2.17. The van der Waals surface area contributed by atoms with Crippen LogP contribution in [0.25, 0.3) is 0 Å². The Bertz CT molecular complexity index is 240. The van der Waals surface area contributed by atoms with Crippen molar-refractivity contribution in [2.45, 2.75) is 13.6 Å². The Kier molecular flexibility index (Phi) is 1.74. The minimum absolute atomic E-state index is 0.354. The fraction of sp³-hybridized carbons (Fsp3) is 0.429. The Morgan fingerprint density at radius 2 is 2.20 bits per heavy atom. The zero-order valence-electron chi connectivity index (χ0n) is 5.99. The predicted molar refractivity (Wildman–Crippen MR) is 34.9 cm³/mol. The summed E-state index contributed by atoms with van der Waals surface area (Å²) in [5.74, 6) is -0.354. The molecule has 0 saturated carbocycles. The van der Waals surface area contributed by atoms with E-state index >= 15 is 0 Å². The summed E-state index contributed by atoms with van der Waals surface area (Å²) >= 11 is 0.